The Labute approximate surface area is 144 Å². The molecule has 0 spiro atoms. The number of pyridine rings is 1. The average molecular weight is 339 g/mol. The number of hydrogen-bond acceptors (Lipinski definition) is 4. The first-order valence-corrected chi connectivity index (χ1v) is 7.62. The Hall–Kier alpha value is -3.06. The molecule has 0 aliphatic carbocycles. The van der Waals surface area contributed by atoms with Crippen molar-refractivity contribution in [1.29, 1.82) is 0 Å². The second-order valence-corrected chi connectivity index (χ2v) is 5.31. The molecule has 126 valence electrons. The predicted octanol–water partition coefficient (Wildman–Crippen LogP) is 1.38. The van der Waals surface area contributed by atoms with Crippen LogP contribution in [0.25, 0.3) is 0 Å². The van der Waals surface area contributed by atoms with Crippen molar-refractivity contribution in [2.75, 3.05) is 0 Å². The fourth-order valence-electron chi connectivity index (χ4n) is 2.16. The molecule has 3 aromatic rings. The van der Waals surface area contributed by atoms with Crippen molar-refractivity contribution in [2.24, 2.45) is 0 Å². The largest absolute Gasteiger partial charge is 0.581 e. The van der Waals surface area contributed by atoms with Crippen molar-refractivity contribution in [2.45, 2.75) is 6.61 Å². The van der Waals surface area contributed by atoms with Gasteiger partial charge in [0.2, 0.25) is 0 Å². The molecule has 1 aromatic heterocycles. The second kappa shape index (κ2) is 7.68. The monoisotopic (exact) mass is 339 g/mol. The van der Waals surface area contributed by atoms with Gasteiger partial charge in [0.15, 0.2) is 0 Å². The molecule has 5 nitrogen and oxygen atoms in total. The number of nitrogens with zero attached hydrogens (tertiary/aromatic N) is 1. The third-order valence-electron chi connectivity index (χ3n) is 3.47. The van der Waals surface area contributed by atoms with Crippen LogP contribution in [0.2, 0.25) is 0 Å². The molecular formula is C18H15BFNO4. The van der Waals surface area contributed by atoms with Crippen molar-refractivity contribution in [1.82, 2.24) is 4.73 Å². The molecule has 1 heterocycles. The van der Waals surface area contributed by atoms with Gasteiger partial charge in [-0.3, -0.25) is 4.79 Å². The highest BCUT2D eigenvalue weighted by Crippen LogP contribution is 2.09. The van der Waals surface area contributed by atoms with Crippen LogP contribution in [-0.2, 0) is 6.61 Å². The van der Waals surface area contributed by atoms with Gasteiger partial charge in [-0.25, -0.2) is 4.39 Å². The van der Waals surface area contributed by atoms with Crippen LogP contribution in [0.5, 0.6) is 5.75 Å². The Morgan fingerprint density at radius 1 is 1.04 bits per heavy atom. The topological polar surface area (TPSA) is 60.7 Å². The molecule has 0 fully saturated rings. The van der Waals surface area contributed by atoms with Crippen molar-refractivity contribution < 1.29 is 18.9 Å². The molecule has 0 amide bonds. The lowest BCUT2D eigenvalue weighted by Gasteiger charge is -2.12. The molecule has 0 saturated carbocycles. The van der Waals surface area contributed by atoms with Crippen LogP contribution in [0.15, 0.2) is 77.7 Å². The maximum Gasteiger partial charge on any atom is 0.581 e. The Morgan fingerprint density at radius 3 is 2.44 bits per heavy atom. The van der Waals surface area contributed by atoms with Gasteiger partial charge in [0.1, 0.15) is 18.2 Å². The van der Waals surface area contributed by atoms with E-state index in [9.17, 15) is 14.2 Å². The van der Waals surface area contributed by atoms with Crippen molar-refractivity contribution in [3.05, 3.63) is 94.7 Å². The van der Waals surface area contributed by atoms with Crippen molar-refractivity contribution in [3.63, 3.8) is 0 Å². The van der Waals surface area contributed by atoms with E-state index in [0.29, 0.717) is 17.8 Å². The number of halogens is 1. The highest BCUT2D eigenvalue weighted by Gasteiger charge is 2.20. The van der Waals surface area contributed by atoms with Crippen LogP contribution >= 0.6 is 0 Å². The first kappa shape index (κ1) is 16.8. The van der Waals surface area contributed by atoms with Gasteiger partial charge < -0.3 is 14.5 Å². The van der Waals surface area contributed by atoms with Crippen LogP contribution in [0.4, 0.5) is 4.39 Å². The summed E-state index contributed by atoms with van der Waals surface area (Å²) in [7, 11) is -1.39. The minimum atomic E-state index is -1.39. The Morgan fingerprint density at radius 2 is 1.76 bits per heavy atom. The van der Waals surface area contributed by atoms with E-state index in [1.54, 1.807) is 6.07 Å². The lowest BCUT2D eigenvalue weighted by molar-refractivity contribution is 0.222. The van der Waals surface area contributed by atoms with Gasteiger partial charge in [-0.2, -0.15) is 4.73 Å². The van der Waals surface area contributed by atoms with E-state index in [0.717, 1.165) is 10.3 Å². The summed E-state index contributed by atoms with van der Waals surface area (Å²) in [5.74, 6) is -0.0296. The molecular weight excluding hydrogens is 324 g/mol. The van der Waals surface area contributed by atoms with Gasteiger partial charge in [-0.05, 0) is 23.2 Å². The van der Waals surface area contributed by atoms with Gasteiger partial charge >= 0.3 is 7.12 Å². The SMILES string of the molecule is O=c1cc(OCc2ccccc2)ccn1OB(O)c1ccc(F)cc1. The highest BCUT2D eigenvalue weighted by atomic mass is 19.1. The lowest BCUT2D eigenvalue weighted by atomic mass is 9.80. The molecule has 0 unspecified atom stereocenters. The fourth-order valence-corrected chi connectivity index (χ4v) is 2.16. The normalized spacial score (nSPS) is 10.3. The van der Waals surface area contributed by atoms with E-state index in [2.05, 4.69) is 0 Å². The number of benzene rings is 2. The molecule has 0 atom stereocenters. The first-order chi connectivity index (χ1) is 12.1. The smallest absolute Gasteiger partial charge is 0.489 e. The summed E-state index contributed by atoms with van der Waals surface area (Å²) in [5, 5.41) is 9.97. The molecule has 2 aromatic carbocycles. The van der Waals surface area contributed by atoms with Gasteiger partial charge in [0.25, 0.3) is 5.56 Å². The van der Waals surface area contributed by atoms with Crippen molar-refractivity contribution >= 4 is 12.6 Å². The maximum absolute atomic E-state index is 12.9. The van der Waals surface area contributed by atoms with Crippen LogP contribution in [-0.4, -0.2) is 16.9 Å². The summed E-state index contributed by atoms with van der Waals surface area (Å²) in [6, 6.07) is 17.5. The van der Waals surface area contributed by atoms with Crippen LogP contribution in [0.3, 0.4) is 0 Å². The number of rotatable bonds is 6. The van der Waals surface area contributed by atoms with Gasteiger partial charge in [-0.1, -0.05) is 42.5 Å². The lowest BCUT2D eigenvalue weighted by Crippen LogP contribution is -2.44. The van der Waals surface area contributed by atoms with E-state index < -0.39 is 18.5 Å². The zero-order valence-electron chi connectivity index (χ0n) is 13.2. The molecule has 0 aliphatic rings. The number of ether oxygens (including phenoxy) is 1. The summed E-state index contributed by atoms with van der Waals surface area (Å²) in [6.07, 6.45) is 1.36. The van der Waals surface area contributed by atoms with E-state index in [4.69, 9.17) is 9.49 Å². The Balaban J connectivity index is 1.65. The molecule has 7 heteroatoms. The Kier molecular flexibility index (Phi) is 5.16. The zero-order valence-corrected chi connectivity index (χ0v) is 13.2. The number of hydrogen-bond donors (Lipinski definition) is 1. The molecule has 0 aliphatic heterocycles. The Bertz CT molecular complexity index is 884. The third-order valence-corrected chi connectivity index (χ3v) is 3.47. The van der Waals surface area contributed by atoms with E-state index >= 15 is 0 Å². The highest BCUT2D eigenvalue weighted by molar-refractivity contribution is 6.60. The summed E-state index contributed by atoms with van der Waals surface area (Å²) >= 11 is 0. The van der Waals surface area contributed by atoms with E-state index in [1.807, 2.05) is 30.3 Å². The molecule has 3 rings (SSSR count). The molecule has 0 radical (unpaired) electrons. The third kappa shape index (κ3) is 4.48. The van der Waals surface area contributed by atoms with E-state index in [-0.39, 0.29) is 0 Å². The average Bonchev–Trinajstić information content (AvgIpc) is 2.63. The fraction of sp³-hybridized carbons (Fsp3) is 0.0556. The summed E-state index contributed by atoms with van der Waals surface area (Å²) in [6.45, 7) is 0.337. The summed E-state index contributed by atoms with van der Waals surface area (Å²) in [5.41, 5.74) is 0.819. The van der Waals surface area contributed by atoms with Gasteiger partial charge in [0, 0.05) is 18.3 Å². The van der Waals surface area contributed by atoms with E-state index in [1.165, 1.54) is 36.5 Å². The maximum atomic E-state index is 12.9. The van der Waals surface area contributed by atoms with Crippen molar-refractivity contribution in [3.8, 4) is 5.75 Å². The first-order valence-electron chi connectivity index (χ1n) is 7.62. The number of aromatic nitrogens is 1. The molecule has 25 heavy (non-hydrogen) atoms. The second-order valence-electron chi connectivity index (χ2n) is 5.31. The van der Waals surface area contributed by atoms with Gasteiger partial charge in [0.05, 0.1) is 0 Å². The minimum Gasteiger partial charge on any atom is -0.489 e. The summed E-state index contributed by atoms with van der Waals surface area (Å²) < 4.78 is 24.5. The molecule has 0 bridgehead atoms. The summed E-state index contributed by atoms with van der Waals surface area (Å²) in [4.78, 5) is 12.1. The zero-order chi connectivity index (χ0) is 17.6. The predicted molar refractivity (Wildman–Crippen MR) is 92.1 cm³/mol. The van der Waals surface area contributed by atoms with Crippen LogP contribution in [0.1, 0.15) is 5.56 Å². The quantitative estimate of drug-likeness (QED) is 0.690. The molecule has 0 saturated heterocycles. The molecule has 1 N–H and O–H groups in total. The van der Waals surface area contributed by atoms with Crippen LogP contribution in [0, 0.1) is 5.82 Å². The standard InChI is InChI=1S/C18H15BFNO4/c20-16-8-6-15(7-9-16)19(23)25-21-11-10-17(12-18(21)22)24-13-14-4-2-1-3-5-14/h1-12,23H,13H2. The minimum absolute atomic E-state index is 0.331. The van der Waals surface area contributed by atoms with Crippen LogP contribution < -0.4 is 20.5 Å². The van der Waals surface area contributed by atoms with Gasteiger partial charge in [-0.15, -0.1) is 0 Å².